The molecule has 4 atom stereocenters. The quantitative estimate of drug-likeness (QED) is 0.580. The third-order valence-electron chi connectivity index (χ3n) is 3.89. The van der Waals surface area contributed by atoms with Gasteiger partial charge in [-0.3, -0.25) is 0 Å². The van der Waals surface area contributed by atoms with Crippen LogP contribution in [0.15, 0.2) is 24.3 Å². The van der Waals surface area contributed by atoms with Crippen molar-refractivity contribution in [1.82, 2.24) is 0 Å². The van der Waals surface area contributed by atoms with E-state index in [2.05, 4.69) is 36.1 Å². The first-order valence-corrected chi connectivity index (χ1v) is 6.94. The van der Waals surface area contributed by atoms with Gasteiger partial charge in [-0.15, -0.1) is 0 Å². The summed E-state index contributed by atoms with van der Waals surface area (Å²) < 4.78 is 0. The van der Waals surface area contributed by atoms with E-state index in [1.165, 1.54) is 0 Å². The summed E-state index contributed by atoms with van der Waals surface area (Å²) in [5.41, 5.74) is 0. The minimum absolute atomic E-state index is 0.237. The number of aliphatic hydroxyl groups excluding tert-OH is 2. The second kappa shape index (κ2) is 6.78. The fourth-order valence-electron chi connectivity index (χ4n) is 2.61. The maximum atomic E-state index is 9.99. The van der Waals surface area contributed by atoms with Crippen LogP contribution in [0.1, 0.15) is 38.5 Å². The van der Waals surface area contributed by atoms with Crippen molar-refractivity contribution in [3.05, 3.63) is 24.3 Å². The first-order chi connectivity index (χ1) is 8.77. The molecule has 0 aromatic rings. The van der Waals surface area contributed by atoms with Crippen LogP contribution in [0.2, 0.25) is 0 Å². The Kier molecular flexibility index (Phi) is 5.04. The summed E-state index contributed by atoms with van der Waals surface area (Å²) in [5.74, 6) is 6.17. The summed E-state index contributed by atoms with van der Waals surface area (Å²) in [6, 6.07) is 0. The molecule has 2 aliphatic carbocycles. The molecule has 0 radical (unpaired) electrons. The van der Waals surface area contributed by atoms with E-state index in [9.17, 15) is 10.2 Å². The molecule has 0 aromatic heterocycles. The highest BCUT2D eigenvalue weighted by Crippen LogP contribution is 2.23. The first kappa shape index (κ1) is 13.4. The van der Waals surface area contributed by atoms with Crippen LogP contribution >= 0.6 is 0 Å². The molecule has 18 heavy (non-hydrogen) atoms. The van der Waals surface area contributed by atoms with Gasteiger partial charge in [-0.2, -0.15) is 0 Å². The van der Waals surface area contributed by atoms with Crippen molar-refractivity contribution in [2.75, 3.05) is 0 Å². The summed E-state index contributed by atoms with van der Waals surface area (Å²) in [6.07, 6.45) is 13.2. The molecule has 0 saturated carbocycles. The summed E-state index contributed by atoms with van der Waals surface area (Å²) >= 11 is 0. The lowest BCUT2D eigenvalue weighted by Crippen LogP contribution is -2.22. The smallest absolute Gasteiger partial charge is 0.117 e. The lowest BCUT2D eigenvalue weighted by molar-refractivity contribution is 0.144. The zero-order valence-electron chi connectivity index (χ0n) is 10.8. The summed E-state index contributed by atoms with van der Waals surface area (Å²) in [7, 11) is 0. The zero-order chi connectivity index (χ0) is 12.8. The second-order valence-corrected chi connectivity index (χ2v) is 5.27. The number of aliphatic hydroxyl groups is 2. The molecule has 2 rings (SSSR count). The van der Waals surface area contributed by atoms with Crippen LogP contribution < -0.4 is 0 Å². The van der Waals surface area contributed by atoms with E-state index in [1.807, 2.05) is 0 Å². The van der Waals surface area contributed by atoms with Gasteiger partial charge in [0.15, 0.2) is 0 Å². The van der Waals surface area contributed by atoms with Gasteiger partial charge in [-0.05, 0) is 50.4 Å². The Bertz CT molecular complexity index is 338. The molecule has 2 N–H and O–H groups in total. The molecule has 0 spiro atoms. The Morgan fingerprint density at radius 1 is 0.778 bits per heavy atom. The van der Waals surface area contributed by atoms with Crippen LogP contribution in [0.3, 0.4) is 0 Å². The molecular weight excluding hydrogens is 224 g/mol. The van der Waals surface area contributed by atoms with Crippen LogP contribution in [0.4, 0.5) is 0 Å². The van der Waals surface area contributed by atoms with Crippen molar-refractivity contribution in [2.24, 2.45) is 11.8 Å². The Hall–Kier alpha value is -1.04. The van der Waals surface area contributed by atoms with Crippen LogP contribution in [0.5, 0.6) is 0 Å². The summed E-state index contributed by atoms with van der Waals surface area (Å²) in [4.78, 5) is 0. The second-order valence-electron chi connectivity index (χ2n) is 5.27. The Balaban J connectivity index is 1.85. The maximum absolute atomic E-state index is 9.99. The molecule has 0 fully saturated rings. The Morgan fingerprint density at radius 3 is 1.56 bits per heavy atom. The van der Waals surface area contributed by atoms with E-state index >= 15 is 0 Å². The molecular formula is C16H22O2. The van der Waals surface area contributed by atoms with E-state index in [1.54, 1.807) is 0 Å². The molecule has 0 bridgehead atoms. The number of allylic oxidation sites excluding steroid dienone is 4. The van der Waals surface area contributed by atoms with Gasteiger partial charge in [0.25, 0.3) is 0 Å². The minimum Gasteiger partial charge on any atom is -0.380 e. The van der Waals surface area contributed by atoms with Crippen molar-refractivity contribution in [3.63, 3.8) is 0 Å². The van der Waals surface area contributed by atoms with Crippen LogP contribution in [0, 0.1) is 23.7 Å². The van der Waals surface area contributed by atoms with E-state index in [0.29, 0.717) is 0 Å². The predicted molar refractivity (Wildman–Crippen MR) is 72.8 cm³/mol. The predicted octanol–water partition coefficient (Wildman–Crippen LogP) is 2.42. The van der Waals surface area contributed by atoms with Gasteiger partial charge in [0.2, 0.25) is 0 Å². The third-order valence-corrected chi connectivity index (χ3v) is 3.89. The van der Waals surface area contributed by atoms with Gasteiger partial charge in [0.05, 0.1) is 0 Å². The van der Waals surface area contributed by atoms with Gasteiger partial charge in [0.1, 0.15) is 12.2 Å². The van der Waals surface area contributed by atoms with Crippen molar-refractivity contribution in [1.29, 1.82) is 0 Å². The largest absolute Gasteiger partial charge is 0.380 e. The molecule has 2 aliphatic rings. The van der Waals surface area contributed by atoms with E-state index in [-0.39, 0.29) is 11.8 Å². The van der Waals surface area contributed by atoms with E-state index in [0.717, 1.165) is 38.5 Å². The van der Waals surface area contributed by atoms with E-state index < -0.39 is 12.2 Å². The topological polar surface area (TPSA) is 40.5 Å². The fourth-order valence-corrected chi connectivity index (χ4v) is 2.61. The third kappa shape index (κ3) is 3.73. The average Bonchev–Trinajstić information content (AvgIpc) is 2.46. The highest BCUT2D eigenvalue weighted by atomic mass is 16.3. The van der Waals surface area contributed by atoms with Crippen molar-refractivity contribution in [2.45, 2.75) is 50.7 Å². The molecule has 98 valence electrons. The number of rotatable bonds is 2. The lowest BCUT2D eigenvalue weighted by Gasteiger charge is -2.21. The SMILES string of the molecule is OC(C#CC(O)C1CC=CCC1)C1CC=CCC1. The molecule has 2 heteroatoms. The van der Waals surface area contributed by atoms with E-state index in [4.69, 9.17) is 0 Å². The van der Waals surface area contributed by atoms with Gasteiger partial charge < -0.3 is 10.2 Å². The van der Waals surface area contributed by atoms with Crippen LogP contribution in [-0.4, -0.2) is 22.4 Å². The highest BCUT2D eigenvalue weighted by molar-refractivity contribution is 5.13. The first-order valence-electron chi connectivity index (χ1n) is 6.94. The minimum atomic E-state index is -0.594. The highest BCUT2D eigenvalue weighted by Gasteiger charge is 2.20. The molecule has 0 amide bonds. The summed E-state index contributed by atoms with van der Waals surface area (Å²) in [6.45, 7) is 0. The molecule has 2 nitrogen and oxygen atoms in total. The van der Waals surface area contributed by atoms with Gasteiger partial charge in [0, 0.05) is 0 Å². The monoisotopic (exact) mass is 246 g/mol. The van der Waals surface area contributed by atoms with Crippen LogP contribution in [-0.2, 0) is 0 Å². The Labute approximate surface area is 109 Å². The normalized spacial score (nSPS) is 30.3. The van der Waals surface area contributed by atoms with Gasteiger partial charge >= 0.3 is 0 Å². The lowest BCUT2D eigenvalue weighted by atomic mass is 9.88. The number of hydrogen-bond donors (Lipinski definition) is 2. The molecule has 4 unspecified atom stereocenters. The maximum Gasteiger partial charge on any atom is 0.117 e. The summed E-state index contributed by atoms with van der Waals surface area (Å²) in [5, 5.41) is 20.0. The number of hydrogen-bond acceptors (Lipinski definition) is 2. The van der Waals surface area contributed by atoms with Gasteiger partial charge in [-0.25, -0.2) is 0 Å². The fraction of sp³-hybridized carbons (Fsp3) is 0.625. The average molecular weight is 246 g/mol. The van der Waals surface area contributed by atoms with Crippen molar-refractivity contribution in [3.8, 4) is 11.8 Å². The Morgan fingerprint density at radius 2 is 1.22 bits per heavy atom. The van der Waals surface area contributed by atoms with Crippen molar-refractivity contribution < 1.29 is 10.2 Å². The molecule has 0 saturated heterocycles. The van der Waals surface area contributed by atoms with Gasteiger partial charge in [-0.1, -0.05) is 36.1 Å². The zero-order valence-corrected chi connectivity index (χ0v) is 10.8. The standard InChI is InChI=1S/C16H22O2/c17-15(13-7-3-1-4-8-13)11-12-16(18)14-9-5-2-6-10-14/h1-3,5,13-18H,4,6-10H2. The molecule has 0 heterocycles. The molecule has 0 aromatic carbocycles. The van der Waals surface area contributed by atoms with Crippen molar-refractivity contribution >= 4 is 0 Å². The van der Waals surface area contributed by atoms with Crippen LogP contribution in [0.25, 0.3) is 0 Å². The molecule has 0 aliphatic heterocycles.